The molecule has 0 aliphatic rings. The first-order chi connectivity index (χ1) is 18.0. The summed E-state index contributed by atoms with van der Waals surface area (Å²) in [5.74, 6) is 0.465. The molecule has 0 atom stereocenters. The number of fused-ring (bicyclic) bond motifs is 2. The van der Waals surface area contributed by atoms with Crippen molar-refractivity contribution in [1.29, 1.82) is 0 Å². The molecule has 0 unspecified atom stereocenters. The fourth-order valence-corrected chi connectivity index (χ4v) is 4.28. The molecule has 0 saturated heterocycles. The number of hydrogen-bond donors (Lipinski definition) is 3. The lowest BCUT2D eigenvalue weighted by atomic mass is 9.99. The van der Waals surface area contributed by atoms with Crippen LogP contribution in [0, 0.1) is 6.92 Å². The van der Waals surface area contributed by atoms with E-state index in [1.165, 1.54) is 6.33 Å². The molecule has 9 nitrogen and oxygen atoms in total. The third-order valence-corrected chi connectivity index (χ3v) is 6.05. The highest BCUT2D eigenvalue weighted by Crippen LogP contribution is 2.27. The van der Waals surface area contributed by atoms with Gasteiger partial charge in [-0.1, -0.05) is 49.4 Å². The molecule has 4 heterocycles. The molecule has 0 fully saturated rings. The van der Waals surface area contributed by atoms with Gasteiger partial charge in [0.1, 0.15) is 5.52 Å². The van der Waals surface area contributed by atoms with Gasteiger partial charge in [0.05, 0.1) is 11.7 Å². The second-order valence-corrected chi connectivity index (χ2v) is 8.49. The van der Waals surface area contributed by atoms with Gasteiger partial charge in [0, 0.05) is 28.8 Å². The number of benzene rings is 2. The van der Waals surface area contributed by atoms with E-state index < -0.39 is 0 Å². The smallest absolute Gasteiger partial charge is 0.263 e. The lowest BCUT2D eigenvalue weighted by Crippen LogP contribution is -2.22. The quantitative estimate of drug-likeness (QED) is 0.333. The molecule has 4 aromatic heterocycles. The van der Waals surface area contributed by atoms with Gasteiger partial charge in [-0.3, -0.25) is 14.3 Å². The zero-order chi connectivity index (χ0) is 25.9. The summed E-state index contributed by atoms with van der Waals surface area (Å²) in [7, 11) is 0. The van der Waals surface area contributed by atoms with Crippen LogP contribution >= 0.6 is 0 Å². The third-order valence-electron chi connectivity index (χ3n) is 6.05. The topological polar surface area (TPSA) is 141 Å². The van der Waals surface area contributed by atoms with Crippen molar-refractivity contribution in [3.8, 4) is 16.8 Å². The molecule has 0 saturated carbocycles. The lowest BCUT2D eigenvalue weighted by molar-refractivity contribution is 0.889. The maximum Gasteiger partial charge on any atom is 0.263 e. The van der Waals surface area contributed by atoms with Crippen LogP contribution in [0.25, 0.3) is 38.8 Å². The average molecular weight is 491 g/mol. The van der Waals surface area contributed by atoms with Crippen molar-refractivity contribution in [2.24, 2.45) is 0 Å². The van der Waals surface area contributed by atoms with E-state index in [2.05, 4.69) is 37.9 Å². The Balaban J connectivity index is 0.000000212. The van der Waals surface area contributed by atoms with Crippen molar-refractivity contribution in [3.63, 3.8) is 0 Å². The van der Waals surface area contributed by atoms with Crippen LogP contribution in [0.5, 0.6) is 0 Å². The van der Waals surface area contributed by atoms with Crippen molar-refractivity contribution in [3.05, 3.63) is 101 Å². The van der Waals surface area contributed by atoms with Gasteiger partial charge < -0.3 is 16.5 Å². The summed E-state index contributed by atoms with van der Waals surface area (Å²) in [6, 6.07) is 22.0. The highest BCUT2D eigenvalue weighted by atomic mass is 16.1. The van der Waals surface area contributed by atoms with Crippen LogP contribution in [0.2, 0.25) is 0 Å². The fourth-order valence-electron chi connectivity index (χ4n) is 4.28. The first-order valence-electron chi connectivity index (χ1n) is 11.8. The van der Waals surface area contributed by atoms with Crippen LogP contribution in [0.3, 0.4) is 0 Å². The number of rotatable bonds is 3. The Bertz CT molecular complexity index is 1760. The molecule has 0 amide bonds. The summed E-state index contributed by atoms with van der Waals surface area (Å²) in [4.78, 5) is 32.2. The summed E-state index contributed by atoms with van der Waals surface area (Å²) in [5.41, 5.74) is 16.7. The Morgan fingerprint density at radius 3 is 2.49 bits per heavy atom. The number of pyridine rings is 2. The van der Waals surface area contributed by atoms with E-state index >= 15 is 0 Å². The van der Waals surface area contributed by atoms with E-state index in [0.717, 1.165) is 45.4 Å². The van der Waals surface area contributed by atoms with Gasteiger partial charge in [0.2, 0.25) is 5.95 Å². The first kappa shape index (κ1) is 23.7. The molecule has 0 aliphatic heterocycles. The third kappa shape index (κ3) is 4.62. The maximum atomic E-state index is 13.5. The Hall–Kier alpha value is -5.05. The Kier molecular flexibility index (Phi) is 6.34. The number of hydrogen-bond acceptors (Lipinski definition) is 7. The summed E-state index contributed by atoms with van der Waals surface area (Å²) >= 11 is 0. The number of H-pyrrole nitrogens is 1. The maximum absolute atomic E-state index is 13.5. The van der Waals surface area contributed by atoms with Gasteiger partial charge in [-0.25, -0.2) is 4.98 Å². The summed E-state index contributed by atoms with van der Waals surface area (Å²) in [6.07, 6.45) is 4.12. The number of nitrogen functional groups attached to an aromatic ring is 2. The minimum atomic E-state index is 0.0155. The second-order valence-electron chi connectivity index (χ2n) is 8.49. The Morgan fingerprint density at radius 1 is 0.946 bits per heavy atom. The Labute approximate surface area is 212 Å². The van der Waals surface area contributed by atoms with Crippen molar-refractivity contribution in [2.45, 2.75) is 20.3 Å². The molecule has 6 rings (SSSR count). The minimum Gasteiger partial charge on any atom is -0.382 e. The Morgan fingerprint density at radius 2 is 1.76 bits per heavy atom. The molecule has 0 radical (unpaired) electrons. The molecule has 0 bridgehead atoms. The van der Waals surface area contributed by atoms with Crippen molar-refractivity contribution in [1.82, 2.24) is 29.5 Å². The van der Waals surface area contributed by atoms with Crippen molar-refractivity contribution < 1.29 is 0 Å². The van der Waals surface area contributed by atoms with Gasteiger partial charge in [-0.15, -0.1) is 0 Å². The van der Waals surface area contributed by atoms with Gasteiger partial charge in [0.25, 0.3) is 5.56 Å². The normalized spacial score (nSPS) is 10.9. The largest absolute Gasteiger partial charge is 0.382 e. The number of nitrogens with two attached hydrogens (primary N) is 2. The molecule has 184 valence electrons. The molecule has 2 aromatic carbocycles. The number of aromatic nitrogens is 6. The number of aromatic amines is 1. The van der Waals surface area contributed by atoms with Crippen LogP contribution < -0.4 is 17.0 Å². The number of aryl methyl sites for hydroxylation is 2. The van der Waals surface area contributed by atoms with Gasteiger partial charge >= 0.3 is 0 Å². The van der Waals surface area contributed by atoms with Crippen LogP contribution in [0.4, 0.5) is 11.8 Å². The highest BCUT2D eigenvalue weighted by molar-refractivity contribution is 5.96. The summed E-state index contributed by atoms with van der Waals surface area (Å²) in [5, 5.41) is 1.70. The second kappa shape index (κ2) is 9.90. The van der Waals surface area contributed by atoms with Crippen molar-refractivity contribution >= 4 is 33.7 Å². The van der Waals surface area contributed by atoms with E-state index in [1.807, 2.05) is 78.4 Å². The number of nitrogens with one attached hydrogen (secondary N) is 1. The zero-order valence-electron chi connectivity index (χ0n) is 20.5. The van der Waals surface area contributed by atoms with Crippen LogP contribution in [0.1, 0.15) is 18.3 Å². The van der Waals surface area contributed by atoms with Gasteiger partial charge in [-0.2, -0.15) is 9.97 Å². The van der Waals surface area contributed by atoms with E-state index in [-0.39, 0.29) is 11.5 Å². The lowest BCUT2D eigenvalue weighted by Gasteiger charge is -2.15. The van der Waals surface area contributed by atoms with E-state index in [9.17, 15) is 4.79 Å². The molecular weight excluding hydrogens is 464 g/mol. The van der Waals surface area contributed by atoms with Gasteiger partial charge in [0.15, 0.2) is 11.5 Å². The zero-order valence-corrected chi connectivity index (χ0v) is 20.5. The monoisotopic (exact) mass is 490 g/mol. The number of nitrogens with zero attached hydrogens (tertiary/aromatic N) is 5. The number of imidazole rings is 1. The number of anilines is 2. The SMILES string of the molecule is CCc1cc2cccc(-c3ccc(C)nc3)c2c(=O)n1-c1ccccc1.Nc1nc(N)c2[nH]cnc2n1. The summed E-state index contributed by atoms with van der Waals surface area (Å²) in [6.45, 7) is 4.04. The minimum absolute atomic E-state index is 0.0155. The molecular formula is C28H26N8O. The molecule has 5 N–H and O–H groups in total. The first-order valence-corrected chi connectivity index (χ1v) is 11.8. The molecule has 37 heavy (non-hydrogen) atoms. The standard InChI is InChI=1S/C23H20N2O.C5H6N6/c1-3-19-14-17-8-7-11-21(18-13-12-16(2)24-15-18)22(17)23(26)25(19)20-9-5-4-6-10-20;6-3-2-4(9-1-8-2)11-5(7)10-3/h4-15H,3H2,1-2H3;1H,(H5,6,7,8,9,10,11). The van der Waals surface area contributed by atoms with E-state index in [4.69, 9.17) is 11.5 Å². The average Bonchev–Trinajstić information content (AvgIpc) is 3.38. The highest BCUT2D eigenvalue weighted by Gasteiger charge is 2.14. The predicted octanol–water partition coefficient (Wildman–Crippen LogP) is 4.44. The van der Waals surface area contributed by atoms with E-state index in [0.29, 0.717) is 17.0 Å². The number of para-hydroxylation sites is 1. The molecule has 9 heteroatoms. The summed E-state index contributed by atoms with van der Waals surface area (Å²) < 4.78 is 1.83. The predicted molar refractivity (Wildman–Crippen MR) is 147 cm³/mol. The van der Waals surface area contributed by atoms with Crippen LogP contribution in [0.15, 0.2) is 84.0 Å². The van der Waals surface area contributed by atoms with E-state index in [1.54, 1.807) is 0 Å². The molecule has 0 aliphatic carbocycles. The molecule has 6 aromatic rings. The van der Waals surface area contributed by atoms with Gasteiger partial charge in [-0.05, 0) is 48.6 Å². The van der Waals surface area contributed by atoms with Crippen LogP contribution in [-0.2, 0) is 6.42 Å². The fraction of sp³-hybridized carbons (Fsp3) is 0.107. The van der Waals surface area contributed by atoms with Crippen molar-refractivity contribution in [2.75, 3.05) is 11.5 Å². The van der Waals surface area contributed by atoms with Crippen LogP contribution in [-0.4, -0.2) is 29.5 Å². The molecule has 0 spiro atoms.